The van der Waals surface area contributed by atoms with Crippen LogP contribution in [0.5, 0.6) is 0 Å². The van der Waals surface area contributed by atoms with E-state index in [-0.39, 0.29) is 24.4 Å². The van der Waals surface area contributed by atoms with E-state index >= 15 is 0 Å². The minimum absolute atomic E-state index is 0.111. The van der Waals surface area contributed by atoms with Crippen LogP contribution in [0.1, 0.15) is 44.0 Å². The molecule has 1 unspecified atom stereocenters. The second-order valence-corrected chi connectivity index (χ2v) is 6.43. The lowest BCUT2D eigenvalue weighted by atomic mass is 9.95. The van der Waals surface area contributed by atoms with Gasteiger partial charge in [0.15, 0.2) is 0 Å². The van der Waals surface area contributed by atoms with Crippen LogP contribution in [0.3, 0.4) is 0 Å². The molecule has 0 amide bonds. The van der Waals surface area contributed by atoms with Gasteiger partial charge in [-0.15, -0.1) is 0 Å². The summed E-state index contributed by atoms with van der Waals surface area (Å²) < 4.78 is 10.2. The lowest BCUT2D eigenvalue weighted by Crippen LogP contribution is -2.38. The molecule has 3 rings (SSSR count). The van der Waals surface area contributed by atoms with E-state index in [4.69, 9.17) is 9.47 Å². The summed E-state index contributed by atoms with van der Waals surface area (Å²) in [6.45, 7) is 5.74. The zero-order valence-electron chi connectivity index (χ0n) is 15.4. The summed E-state index contributed by atoms with van der Waals surface area (Å²) in [6.07, 6.45) is 1.49. The molecule has 0 bridgehead atoms. The molecule has 1 aliphatic heterocycles. The van der Waals surface area contributed by atoms with Gasteiger partial charge in [-0.2, -0.15) is 0 Å². The Hall–Kier alpha value is -2.34. The number of ether oxygens (including phenoxy) is 2. The maximum Gasteiger partial charge on any atom is 0.307 e. The number of H-pyrrole nitrogens is 1. The van der Waals surface area contributed by atoms with E-state index in [1.165, 1.54) is 10.9 Å². The monoisotopic (exact) mass is 358 g/mol. The number of carbonyl (C=O) groups is 2. The van der Waals surface area contributed by atoms with Crippen LogP contribution in [0.15, 0.2) is 24.3 Å². The number of carbonyl (C=O) groups excluding carboxylic acids is 2. The maximum absolute atomic E-state index is 12.2. The fourth-order valence-electron chi connectivity index (χ4n) is 3.71. The number of nitrogens with zero attached hydrogens (tertiary/aromatic N) is 1. The first kappa shape index (κ1) is 18.5. The van der Waals surface area contributed by atoms with Crippen LogP contribution in [0.4, 0.5) is 0 Å². The van der Waals surface area contributed by atoms with Crippen molar-refractivity contribution in [1.82, 2.24) is 9.88 Å². The second-order valence-electron chi connectivity index (χ2n) is 6.43. The van der Waals surface area contributed by atoms with Crippen molar-refractivity contribution in [1.29, 1.82) is 0 Å². The molecule has 0 aliphatic carbocycles. The molecular formula is C20H26N2O4. The first-order valence-electron chi connectivity index (χ1n) is 9.28. The number of fused-ring (bicyclic) bond motifs is 3. The van der Waals surface area contributed by atoms with Gasteiger partial charge in [-0.05, 0) is 31.9 Å². The fourth-order valence-corrected chi connectivity index (χ4v) is 3.71. The van der Waals surface area contributed by atoms with Crippen LogP contribution in [-0.4, -0.2) is 48.1 Å². The molecule has 0 saturated carbocycles. The Morgan fingerprint density at radius 3 is 2.65 bits per heavy atom. The summed E-state index contributed by atoms with van der Waals surface area (Å²) in [5.74, 6) is -0.421. The van der Waals surface area contributed by atoms with E-state index in [0.717, 1.165) is 24.2 Å². The average molecular weight is 358 g/mol. The highest BCUT2D eigenvalue weighted by atomic mass is 16.5. The van der Waals surface area contributed by atoms with Crippen molar-refractivity contribution in [2.75, 3.05) is 26.3 Å². The quantitative estimate of drug-likeness (QED) is 0.771. The maximum atomic E-state index is 12.2. The van der Waals surface area contributed by atoms with Crippen molar-refractivity contribution >= 4 is 22.8 Å². The highest BCUT2D eigenvalue weighted by Crippen LogP contribution is 2.36. The summed E-state index contributed by atoms with van der Waals surface area (Å²) in [5.41, 5.74) is 3.41. The molecule has 1 aromatic carbocycles. The van der Waals surface area contributed by atoms with Crippen molar-refractivity contribution in [2.24, 2.45) is 0 Å². The molecule has 1 atom stereocenters. The van der Waals surface area contributed by atoms with Crippen LogP contribution in [-0.2, 0) is 25.5 Å². The number of aromatic nitrogens is 1. The van der Waals surface area contributed by atoms with Crippen LogP contribution < -0.4 is 0 Å². The van der Waals surface area contributed by atoms with Gasteiger partial charge in [-0.25, -0.2) is 0 Å². The van der Waals surface area contributed by atoms with Crippen molar-refractivity contribution in [3.8, 4) is 0 Å². The van der Waals surface area contributed by atoms with Gasteiger partial charge in [0.2, 0.25) is 0 Å². The molecular weight excluding hydrogens is 332 g/mol. The summed E-state index contributed by atoms with van der Waals surface area (Å²) in [7, 11) is 0. The number of nitrogens with one attached hydrogen (secondary N) is 1. The first-order chi connectivity index (χ1) is 12.6. The lowest BCUT2D eigenvalue weighted by molar-refractivity contribution is -0.145. The normalized spacial score (nSPS) is 17.1. The number of benzene rings is 1. The molecule has 2 heterocycles. The van der Waals surface area contributed by atoms with Crippen molar-refractivity contribution < 1.29 is 19.1 Å². The number of esters is 2. The number of para-hydroxylation sites is 1. The molecule has 1 aromatic heterocycles. The molecule has 0 spiro atoms. The minimum Gasteiger partial charge on any atom is -0.466 e. The van der Waals surface area contributed by atoms with Gasteiger partial charge in [-0.3, -0.25) is 14.5 Å². The van der Waals surface area contributed by atoms with Crippen LogP contribution in [0, 0.1) is 0 Å². The summed E-state index contributed by atoms with van der Waals surface area (Å²) in [6, 6.07) is 8.09. The Morgan fingerprint density at radius 1 is 1.15 bits per heavy atom. The third-order valence-electron chi connectivity index (χ3n) is 4.84. The molecule has 140 valence electrons. The Kier molecular flexibility index (Phi) is 5.93. The van der Waals surface area contributed by atoms with Gasteiger partial charge in [0.25, 0.3) is 0 Å². The number of hydrogen-bond donors (Lipinski definition) is 1. The number of aromatic amines is 1. The van der Waals surface area contributed by atoms with Gasteiger partial charge < -0.3 is 14.5 Å². The standard InChI is InChI=1S/C20H26N2O4/c1-3-25-18(23)10-12-22-11-9-15-14-7-5-6-8-16(14)21-20(15)17(22)13-19(24)26-4-2/h5-8,17,21H,3-4,9-13H2,1-2H3. The minimum atomic E-state index is -0.217. The van der Waals surface area contributed by atoms with Gasteiger partial charge in [0.1, 0.15) is 0 Å². The van der Waals surface area contributed by atoms with Gasteiger partial charge in [0.05, 0.1) is 32.1 Å². The third-order valence-corrected chi connectivity index (χ3v) is 4.84. The lowest BCUT2D eigenvalue weighted by Gasteiger charge is -2.35. The fraction of sp³-hybridized carbons (Fsp3) is 0.500. The zero-order valence-corrected chi connectivity index (χ0v) is 15.4. The van der Waals surface area contributed by atoms with Gasteiger partial charge in [0, 0.05) is 29.7 Å². The smallest absolute Gasteiger partial charge is 0.307 e. The van der Waals surface area contributed by atoms with Crippen molar-refractivity contribution in [3.63, 3.8) is 0 Å². The number of hydrogen-bond acceptors (Lipinski definition) is 5. The predicted octanol–water partition coefficient (Wildman–Crippen LogP) is 2.97. The van der Waals surface area contributed by atoms with E-state index in [2.05, 4.69) is 22.0 Å². The SMILES string of the molecule is CCOC(=O)CCN1CCc2c([nH]c3ccccc23)C1CC(=O)OCC. The molecule has 2 aromatic rings. The van der Waals surface area contributed by atoms with E-state index in [1.54, 1.807) is 6.92 Å². The van der Waals surface area contributed by atoms with E-state index in [0.29, 0.717) is 26.2 Å². The highest BCUT2D eigenvalue weighted by Gasteiger charge is 2.32. The molecule has 0 radical (unpaired) electrons. The van der Waals surface area contributed by atoms with Crippen LogP contribution in [0.2, 0.25) is 0 Å². The highest BCUT2D eigenvalue weighted by molar-refractivity contribution is 5.85. The molecule has 1 aliphatic rings. The molecule has 6 heteroatoms. The summed E-state index contributed by atoms with van der Waals surface area (Å²) >= 11 is 0. The molecule has 6 nitrogen and oxygen atoms in total. The average Bonchev–Trinajstić information content (AvgIpc) is 3.00. The van der Waals surface area contributed by atoms with Crippen molar-refractivity contribution in [2.45, 2.75) is 39.2 Å². The first-order valence-corrected chi connectivity index (χ1v) is 9.28. The van der Waals surface area contributed by atoms with Crippen LogP contribution in [0.25, 0.3) is 10.9 Å². The van der Waals surface area contributed by atoms with E-state index in [9.17, 15) is 9.59 Å². The largest absolute Gasteiger partial charge is 0.466 e. The Labute approximate surface area is 153 Å². The van der Waals surface area contributed by atoms with Crippen LogP contribution >= 0.6 is 0 Å². The summed E-state index contributed by atoms with van der Waals surface area (Å²) in [4.78, 5) is 29.6. The number of rotatable bonds is 7. The van der Waals surface area contributed by atoms with Crippen molar-refractivity contribution in [3.05, 3.63) is 35.5 Å². The van der Waals surface area contributed by atoms with E-state index in [1.807, 2.05) is 19.1 Å². The molecule has 0 fully saturated rings. The topological polar surface area (TPSA) is 71.6 Å². The third kappa shape index (κ3) is 3.90. The molecule has 26 heavy (non-hydrogen) atoms. The summed E-state index contributed by atoms with van der Waals surface area (Å²) in [5, 5.41) is 1.21. The molecule has 1 N–H and O–H groups in total. The molecule has 0 saturated heterocycles. The second kappa shape index (κ2) is 8.36. The Balaban J connectivity index is 1.85. The van der Waals surface area contributed by atoms with Gasteiger partial charge >= 0.3 is 11.9 Å². The van der Waals surface area contributed by atoms with Gasteiger partial charge in [-0.1, -0.05) is 18.2 Å². The zero-order chi connectivity index (χ0) is 18.5. The Morgan fingerprint density at radius 2 is 1.88 bits per heavy atom. The Bertz CT molecular complexity index is 783. The predicted molar refractivity (Wildman–Crippen MR) is 98.8 cm³/mol. The van der Waals surface area contributed by atoms with E-state index < -0.39 is 0 Å².